The van der Waals surface area contributed by atoms with E-state index >= 15 is 0 Å². The summed E-state index contributed by atoms with van der Waals surface area (Å²) in [5.74, 6) is -0.875. The molecule has 0 N–H and O–H groups in total. The highest BCUT2D eigenvalue weighted by Crippen LogP contribution is 2.28. The number of nitrogens with zero attached hydrogens (tertiary/aromatic N) is 4. The van der Waals surface area contributed by atoms with Gasteiger partial charge in [0.2, 0.25) is 0 Å². The van der Waals surface area contributed by atoms with Crippen molar-refractivity contribution in [1.82, 2.24) is 9.97 Å². The second-order valence-corrected chi connectivity index (χ2v) is 6.73. The summed E-state index contributed by atoms with van der Waals surface area (Å²) in [6.07, 6.45) is 0.902. The largest absolute Gasteiger partial charge is 0.464 e. The molecule has 27 heavy (non-hydrogen) atoms. The monoisotopic (exact) mass is 368 g/mol. The van der Waals surface area contributed by atoms with Crippen molar-refractivity contribution < 1.29 is 14.3 Å². The lowest BCUT2D eigenvalue weighted by atomic mass is 10.1. The summed E-state index contributed by atoms with van der Waals surface area (Å²) in [5.41, 5.74) is 1.74. The van der Waals surface area contributed by atoms with Gasteiger partial charge in [-0.25, -0.2) is 9.97 Å². The molecule has 1 aliphatic rings. The molecular weight excluding hydrogens is 344 g/mol. The minimum atomic E-state index is -1.11. The van der Waals surface area contributed by atoms with Crippen molar-refractivity contribution in [1.29, 1.82) is 5.26 Å². The average molecular weight is 368 g/mol. The minimum Gasteiger partial charge on any atom is -0.464 e. The molecule has 1 aromatic heterocycles. The van der Waals surface area contributed by atoms with Gasteiger partial charge in [-0.2, -0.15) is 5.26 Å². The van der Waals surface area contributed by atoms with Crippen molar-refractivity contribution >= 4 is 22.8 Å². The Morgan fingerprint density at radius 1 is 1.30 bits per heavy atom. The van der Waals surface area contributed by atoms with Crippen LogP contribution in [-0.2, 0) is 14.3 Å². The number of morpholine rings is 1. The molecule has 0 unspecified atom stereocenters. The maximum absolute atomic E-state index is 12.6. The molecule has 1 aromatic carbocycles. The molecule has 3 rings (SSSR count). The minimum absolute atomic E-state index is 0.245. The molecule has 0 aliphatic carbocycles. The maximum Gasteiger partial charge on any atom is 0.329 e. The number of anilines is 1. The van der Waals surface area contributed by atoms with Crippen molar-refractivity contribution in [2.75, 3.05) is 37.8 Å². The molecule has 142 valence electrons. The smallest absolute Gasteiger partial charge is 0.329 e. The number of hydrogen-bond acceptors (Lipinski definition) is 7. The molecular formula is C20H24N4O3. The topological polar surface area (TPSA) is 88.3 Å². The van der Waals surface area contributed by atoms with Crippen molar-refractivity contribution in [3.8, 4) is 6.07 Å². The van der Waals surface area contributed by atoms with Crippen LogP contribution in [0.3, 0.4) is 0 Å². The molecule has 0 spiro atoms. The zero-order valence-corrected chi connectivity index (χ0v) is 15.7. The Morgan fingerprint density at radius 3 is 2.59 bits per heavy atom. The van der Waals surface area contributed by atoms with Crippen molar-refractivity contribution in [3.05, 3.63) is 30.0 Å². The Hall–Kier alpha value is -2.72. The number of ether oxygens (including phenoxy) is 2. The number of benzene rings is 1. The van der Waals surface area contributed by atoms with Gasteiger partial charge >= 0.3 is 5.97 Å². The number of nitriles is 1. The molecule has 2 heterocycles. The lowest BCUT2D eigenvalue weighted by molar-refractivity contribution is -0.145. The first-order valence-corrected chi connectivity index (χ1v) is 9.29. The van der Waals surface area contributed by atoms with Crippen LogP contribution in [0.2, 0.25) is 0 Å². The Bertz CT molecular complexity index is 843. The van der Waals surface area contributed by atoms with E-state index < -0.39 is 11.9 Å². The van der Waals surface area contributed by atoms with Gasteiger partial charge in [0.05, 0.1) is 36.9 Å². The predicted molar refractivity (Wildman–Crippen MR) is 101 cm³/mol. The third-order valence-electron chi connectivity index (χ3n) is 4.73. The van der Waals surface area contributed by atoms with E-state index in [1.54, 1.807) is 0 Å². The summed E-state index contributed by atoms with van der Waals surface area (Å²) in [4.78, 5) is 24.0. The second kappa shape index (κ2) is 8.78. The number of aromatic nitrogens is 2. The summed E-state index contributed by atoms with van der Waals surface area (Å²) >= 11 is 0. The van der Waals surface area contributed by atoms with Crippen LogP contribution in [-0.4, -0.2) is 48.8 Å². The highest BCUT2D eigenvalue weighted by molar-refractivity contribution is 5.85. The third kappa shape index (κ3) is 4.34. The Morgan fingerprint density at radius 2 is 1.96 bits per heavy atom. The van der Waals surface area contributed by atoms with E-state index in [2.05, 4.69) is 11.1 Å². The van der Waals surface area contributed by atoms with Gasteiger partial charge in [0.15, 0.2) is 11.7 Å². The third-order valence-corrected chi connectivity index (χ3v) is 4.73. The van der Waals surface area contributed by atoms with Gasteiger partial charge in [-0.1, -0.05) is 32.4 Å². The first-order chi connectivity index (χ1) is 13.1. The molecule has 7 nitrogen and oxygen atoms in total. The summed E-state index contributed by atoms with van der Waals surface area (Å²) in [5, 5.41) is 9.71. The van der Waals surface area contributed by atoms with Gasteiger partial charge in [0.25, 0.3) is 0 Å². The number of para-hydroxylation sites is 2. The molecule has 2 atom stereocenters. The van der Waals surface area contributed by atoms with Crippen molar-refractivity contribution in [3.63, 3.8) is 0 Å². The zero-order chi connectivity index (χ0) is 19.2. The molecule has 1 aliphatic heterocycles. The fraction of sp³-hybridized carbons (Fsp3) is 0.500. The summed E-state index contributed by atoms with van der Waals surface area (Å²) < 4.78 is 10.8. The van der Waals surface area contributed by atoms with E-state index in [1.807, 2.05) is 43.0 Å². The maximum atomic E-state index is 12.6. The number of carbonyl (C=O) groups is 1. The fourth-order valence-corrected chi connectivity index (χ4v) is 2.86. The zero-order valence-electron chi connectivity index (χ0n) is 15.7. The molecule has 0 saturated carbocycles. The molecule has 2 aromatic rings. The van der Waals surface area contributed by atoms with Crippen LogP contribution in [0.15, 0.2) is 24.3 Å². The molecule has 1 fully saturated rings. The highest BCUT2D eigenvalue weighted by atomic mass is 16.5. The van der Waals surface area contributed by atoms with Crippen LogP contribution in [0.5, 0.6) is 0 Å². The normalized spacial score (nSPS) is 16.6. The number of rotatable bonds is 6. The number of esters is 1. The number of hydrogen-bond donors (Lipinski definition) is 0. The van der Waals surface area contributed by atoms with Crippen LogP contribution in [0.1, 0.15) is 31.9 Å². The lowest BCUT2D eigenvalue weighted by Gasteiger charge is -2.29. The fourth-order valence-electron chi connectivity index (χ4n) is 2.86. The van der Waals surface area contributed by atoms with Crippen molar-refractivity contribution in [2.45, 2.75) is 26.2 Å². The van der Waals surface area contributed by atoms with Gasteiger partial charge in [-0.15, -0.1) is 0 Å². The predicted octanol–water partition coefficient (Wildman–Crippen LogP) is 2.66. The lowest BCUT2D eigenvalue weighted by Crippen LogP contribution is -2.38. The molecule has 7 heteroatoms. The van der Waals surface area contributed by atoms with Crippen LogP contribution >= 0.6 is 0 Å². The molecule has 0 bridgehead atoms. The molecule has 0 radical (unpaired) electrons. The summed E-state index contributed by atoms with van der Waals surface area (Å²) in [6, 6.07) is 9.52. The van der Waals surface area contributed by atoms with Gasteiger partial charge in [-0.3, -0.25) is 4.79 Å². The first-order valence-electron chi connectivity index (χ1n) is 9.29. The van der Waals surface area contributed by atoms with Crippen LogP contribution in [0.25, 0.3) is 11.0 Å². The van der Waals surface area contributed by atoms with Crippen LogP contribution in [0.4, 0.5) is 5.82 Å². The Kier molecular flexibility index (Phi) is 6.20. The van der Waals surface area contributed by atoms with Crippen LogP contribution in [0, 0.1) is 17.2 Å². The van der Waals surface area contributed by atoms with Crippen molar-refractivity contribution in [2.24, 2.45) is 5.92 Å². The summed E-state index contributed by atoms with van der Waals surface area (Å²) in [6.45, 7) is 6.75. The van der Waals surface area contributed by atoms with E-state index in [0.29, 0.717) is 49.9 Å². The number of carbonyl (C=O) groups excluding carboxylic acids is 1. The van der Waals surface area contributed by atoms with E-state index in [4.69, 9.17) is 14.5 Å². The van der Waals surface area contributed by atoms with E-state index in [1.165, 1.54) is 0 Å². The van der Waals surface area contributed by atoms with E-state index in [9.17, 15) is 10.1 Å². The standard InChI is InChI=1S/C20H24N4O3/c1-3-14(2)13-27-20(25)15(12-21)18-19(24-8-10-26-11-9-24)23-17-7-5-4-6-16(17)22-18/h4-7,14-15H,3,8-11,13H2,1-2H3/t14-,15+/m1/s1. The second-order valence-electron chi connectivity index (χ2n) is 6.73. The average Bonchev–Trinajstić information content (AvgIpc) is 2.72. The highest BCUT2D eigenvalue weighted by Gasteiger charge is 2.30. The van der Waals surface area contributed by atoms with Gasteiger partial charge < -0.3 is 14.4 Å². The summed E-state index contributed by atoms with van der Waals surface area (Å²) in [7, 11) is 0. The quantitative estimate of drug-likeness (QED) is 0.724. The Balaban J connectivity index is 1.98. The van der Waals surface area contributed by atoms with Gasteiger partial charge in [0.1, 0.15) is 5.69 Å². The van der Waals surface area contributed by atoms with Gasteiger partial charge in [0, 0.05) is 13.1 Å². The SMILES string of the molecule is CC[C@@H](C)COC(=O)[C@@H](C#N)c1nc2ccccc2nc1N1CCOCC1. The Labute approximate surface area is 158 Å². The first kappa shape index (κ1) is 19.1. The molecule has 1 saturated heterocycles. The van der Waals surface area contributed by atoms with Crippen LogP contribution < -0.4 is 4.90 Å². The number of fused-ring (bicyclic) bond motifs is 1. The van der Waals surface area contributed by atoms with E-state index in [0.717, 1.165) is 11.9 Å². The van der Waals surface area contributed by atoms with E-state index in [-0.39, 0.29) is 5.92 Å². The molecule has 0 amide bonds. The van der Waals surface area contributed by atoms with Gasteiger partial charge in [-0.05, 0) is 18.1 Å².